The first-order valence-electron chi connectivity index (χ1n) is 6.17. The number of thioether (sulfide) groups is 2. The van der Waals surface area contributed by atoms with Gasteiger partial charge in [0.1, 0.15) is 0 Å². The van der Waals surface area contributed by atoms with E-state index in [0.717, 1.165) is 17.0 Å². The molecule has 0 spiro atoms. The van der Waals surface area contributed by atoms with Gasteiger partial charge in [-0.15, -0.1) is 0 Å². The molecule has 100 valence electrons. The van der Waals surface area contributed by atoms with Crippen LogP contribution in [0, 0.1) is 4.77 Å². The van der Waals surface area contributed by atoms with Crippen molar-refractivity contribution < 1.29 is 0 Å². The van der Waals surface area contributed by atoms with E-state index < -0.39 is 0 Å². The number of nitrogens with zero attached hydrogens (tertiary/aromatic N) is 1. The number of para-hydroxylation sites is 1. The fourth-order valence-electron chi connectivity index (χ4n) is 2.21. The molecule has 1 aliphatic rings. The van der Waals surface area contributed by atoms with Gasteiger partial charge in [0.25, 0.3) is 5.56 Å². The lowest BCUT2D eigenvalue weighted by atomic mass is 10.2. The Bertz CT molecular complexity index is 701. The summed E-state index contributed by atoms with van der Waals surface area (Å²) >= 11 is 9.22. The maximum atomic E-state index is 12.5. The molecule has 0 aliphatic carbocycles. The van der Waals surface area contributed by atoms with Crippen molar-refractivity contribution >= 4 is 46.6 Å². The number of aromatic amines is 1. The van der Waals surface area contributed by atoms with Crippen molar-refractivity contribution in [1.82, 2.24) is 9.55 Å². The Morgan fingerprint density at radius 2 is 2.21 bits per heavy atom. The van der Waals surface area contributed by atoms with Crippen LogP contribution < -0.4 is 5.56 Å². The monoisotopic (exact) mass is 310 g/mol. The van der Waals surface area contributed by atoms with Gasteiger partial charge in [-0.2, -0.15) is 23.5 Å². The summed E-state index contributed by atoms with van der Waals surface area (Å²) in [5.74, 6) is 3.47. The van der Waals surface area contributed by atoms with Gasteiger partial charge in [-0.3, -0.25) is 9.36 Å². The number of fused-ring (bicyclic) bond motifs is 1. The lowest BCUT2D eigenvalue weighted by molar-refractivity contribution is 0.652. The van der Waals surface area contributed by atoms with Gasteiger partial charge < -0.3 is 4.98 Å². The molecule has 1 saturated heterocycles. The highest BCUT2D eigenvalue weighted by Crippen LogP contribution is 2.25. The molecule has 1 fully saturated rings. The third-order valence-electron chi connectivity index (χ3n) is 3.16. The second kappa shape index (κ2) is 5.73. The summed E-state index contributed by atoms with van der Waals surface area (Å²) in [5.41, 5.74) is 0.843. The summed E-state index contributed by atoms with van der Waals surface area (Å²) in [6, 6.07) is 7.53. The number of H-pyrrole nitrogens is 1. The first-order chi connectivity index (χ1) is 9.25. The molecule has 19 heavy (non-hydrogen) atoms. The number of benzene rings is 1. The molecule has 2 heterocycles. The van der Waals surface area contributed by atoms with E-state index >= 15 is 0 Å². The molecule has 1 aromatic carbocycles. The van der Waals surface area contributed by atoms with Crippen LogP contribution >= 0.6 is 35.7 Å². The van der Waals surface area contributed by atoms with Crippen LogP contribution in [-0.2, 0) is 6.54 Å². The lowest BCUT2D eigenvalue weighted by Crippen LogP contribution is -2.29. The number of aromatic nitrogens is 2. The standard InChI is InChI=1S/C13H14N2OS3/c16-12-10-3-1-2-4-11(10)14-13(17)15(12)7-9-8-18-5-6-19-9/h1-4,9H,5-8H2,(H,14,17). The molecule has 0 saturated carbocycles. The van der Waals surface area contributed by atoms with Crippen molar-refractivity contribution in [2.24, 2.45) is 0 Å². The molecule has 3 rings (SSSR count). The van der Waals surface area contributed by atoms with Crippen LogP contribution in [0.3, 0.4) is 0 Å². The van der Waals surface area contributed by atoms with E-state index in [9.17, 15) is 4.79 Å². The summed E-state index contributed by atoms with van der Waals surface area (Å²) in [5, 5.41) is 1.19. The Hall–Kier alpha value is -0.720. The Labute approximate surface area is 124 Å². The van der Waals surface area contributed by atoms with Crippen LogP contribution in [0.2, 0.25) is 0 Å². The van der Waals surface area contributed by atoms with Crippen molar-refractivity contribution in [3.05, 3.63) is 39.4 Å². The minimum absolute atomic E-state index is 0.0236. The second-order valence-corrected chi connectivity index (χ2v) is 7.40. The van der Waals surface area contributed by atoms with Crippen molar-refractivity contribution in [2.75, 3.05) is 17.3 Å². The molecule has 1 unspecified atom stereocenters. The summed E-state index contributed by atoms with van der Waals surface area (Å²) in [4.78, 5) is 15.6. The highest BCUT2D eigenvalue weighted by atomic mass is 32.2. The highest BCUT2D eigenvalue weighted by Gasteiger charge is 2.16. The van der Waals surface area contributed by atoms with Crippen molar-refractivity contribution in [3.8, 4) is 0 Å². The molecule has 1 aromatic heterocycles. The van der Waals surface area contributed by atoms with Gasteiger partial charge in [0.05, 0.1) is 10.9 Å². The van der Waals surface area contributed by atoms with Gasteiger partial charge in [0, 0.05) is 29.1 Å². The Kier molecular flexibility index (Phi) is 4.00. The van der Waals surface area contributed by atoms with Gasteiger partial charge in [-0.1, -0.05) is 12.1 Å². The second-order valence-electron chi connectivity index (χ2n) is 4.46. The van der Waals surface area contributed by atoms with Gasteiger partial charge in [-0.25, -0.2) is 0 Å². The maximum Gasteiger partial charge on any atom is 0.262 e. The number of nitrogens with one attached hydrogen (secondary N) is 1. The SMILES string of the molecule is O=c1c2ccccc2[nH]c(=S)n1CC1CSCCS1. The fraction of sp³-hybridized carbons (Fsp3) is 0.385. The lowest BCUT2D eigenvalue weighted by Gasteiger charge is -2.21. The van der Waals surface area contributed by atoms with E-state index in [1.54, 1.807) is 4.57 Å². The molecule has 1 atom stereocenters. The van der Waals surface area contributed by atoms with E-state index in [0.29, 0.717) is 22.0 Å². The predicted molar refractivity (Wildman–Crippen MR) is 87.0 cm³/mol. The Morgan fingerprint density at radius 3 is 3.00 bits per heavy atom. The maximum absolute atomic E-state index is 12.5. The molecular weight excluding hydrogens is 296 g/mol. The van der Waals surface area contributed by atoms with Crippen LogP contribution in [0.25, 0.3) is 10.9 Å². The Morgan fingerprint density at radius 1 is 1.37 bits per heavy atom. The molecule has 0 amide bonds. The van der Waals surface area contributed by atoms with E-state index in [-0.39, 0.29) is 5.56 Å². The average Bonchev–Trinajstić information content (AvgIpc) is 2.45. The first-order valence-corrected chi connectivity index (χ1v) is 8.78. The van der Waals surface area contributed by atoms with Crippen molar-refractivity contribution in [2.45, 2.75) is 11.8 Å². The summed E-state index contributed by atoms with van der Waals surface area (Å²) in [6.07, 6.45) is 0. The average molecular weight is 310 g/mol. The molecule has 1 aliphatic heterocycles. The highest BCUT2D eigenvalue weighted by molar-refractivity contribution is 8.06. The van der Waals surface area contributed by atoms with Crippen LogP contribution in [0.4, 0.5) is 0 Å². The van der Waals surface area contributed by atoms with E-state index in [1.165, 1.54) is 5.75 Å². The third-order valence-corrected chi connectivity index (χ3v) is 6.31. The van der Waals surface area contributed by atoms with Crippen molar-refractivity contribution in [3.63, 3.8) is 0 Å². The molecular formula is C13H14N2OS3. The molecule has 6 heteroatoms. The summed E-state index contributed by atoms with van der Waals surface area (Å²) in [7, 11) is 0. The third kappa shape index (κ3) is 2.75. The first kappa shape index (κ1) is 13.3. The van der Waals surface area contributed by atoms with Gasteiger partial charge >= 0.3 is 0 Å². The largest absolute Gasteiger partial charge is 0.332 e. The zero-order valence-corrected chi connectivity index (χ0v) is 12.7. The molecule has 0 bridgehead atoms. The van der Waals surface area contributed by atoms with Crippen LogP contribution in [0.1, 0.15) is 0 Å². The quantitative estimate of drug-likeness (QED) is 0.866. The minimum atomic E-state index is 0.0236. The Balaban J connectivity index is 2.03. The number of hydrogen-bond donors (Lipinski definition) is 1. The van der Waals surface area contributed by atoms with Crippen LogP contribution in [-0.4, -0.2) is 32.1 Å². The predicted octanol–water partition coefficient (Wildman–Crippen LogP) is 2.91. The molecule has 2 aromatic rings. The normalized spacial score (nSPS) is 19.7. The summed E-state index contributed by atoms with van der Waals surface area (Å²) in [6.45, 7) is 0.705. The smallest absolute Gasteiger partial charge is 0.262 e. The van der Waals surface area contributed by atoms with Crippen molar-refractivity contribution in [1.29, 1.82) is 0 Å². The van der Waals surface area contributed by atoms with Crippen LogP contribution in [0.5, 0.6) is 0 Å². The molecule has 0 radical (unpaired) electrons. The summed E-state index contributed by atoms with van der Waals surface area (Å²) < 4.78 is 2.24. The van der Waals surface area contributed by atoms with Crippen LogP contribution in [0.15, 0.2) is 29.1 Å². The van der Waals surface area contributed by atoms with Gasteiger partial charge in [0.2, 0.25) is 0 Å². The van der Waals surface area contributed by atoms with E-state index in [2.05, 4.69) is 4.98 Å². The number of hydrogen-bond acceptors (Lipinski definition) is 4. The number of rotatable bonds is 2. The molecule has 1 N–H and O–H groups in total. The van der Waals surface area contributed by atoms with E-state index in [4.69, 9.17) is 12.2 Å². The van der Waals surface area contributed by atoms with Gasteiger partial charge in [-0.05, 0) is 24.4 Å². The van der Waals surface area contributed by atoms with Gasteiger partial charge in [0.15, 0.2) is 4.77 Å². The molecule has 3 nitrogen and oxygen atoms in total. The topological polar surface area (TPSA) is 37.8 Å². The van der Waals surface area contributed by atoms with E-state index in [1.807, 2.05) is 47.8 Å². The zero-order chi connectivity index (χ0) is 13.2. The zero-order valence-electron chi connectivity index (χ0n) is 10.3. The fourth-order valence-corrected chi connectivity index (χ4v) is 5.13. The minimum Gasteiger partial charge on any atom is -0.332 e.